The van der Waals surface area contributed by atoms with Gasteiger partial charge in [0.2, 0.25) is 0 Å². The van der Waals surface area contributed by atoms with Gasteiger partial charge < -0.3 is 5.73 Å². The van der Waals surface area contributed by atoms with Crippen LogP contribution in [0, 0.1) is 19.3 Å². The number of benzene rings is 1. The fourth-order valence-corrected chi connectivity index (χ4v) is 3.36. The van der Waals surface area contributed by atoms with E-state index in [4.69, 9.17) is 11.1 Å². The Bertz CT molecular complexity index is 558. The van der Waals surface area contributed by atoms with Crippen LogP contribution in [-0.4, -0.2) is 10.8 Å². The van der Waals surface area contributed by atoms with Crippen molar-refractivity contribution in [1.29, 1.82) is 5.41 Å². The number of aromatic nitrogens is 1. The molecule has 0 radical (unpaired) electrons. The van der Waals surface area contributed by atoms with E-state index in [2.05, 4.69) is 36.2 Å². The highest BCUT2D eigenvalue weighted by Gasteiger charge is 2.09. The molecule has 0 spiro atoms. The van der Waals surface area contributed by atoms with Gasteiger partial charge in [-0.15, -0.1) is 23.1 Å². The molecule has 0 saturated heterocycles. The summed E-state index contributed by atoms with van der Waals surface area (Å²) in [5.41, 5.74) is 7.62. The second-order valence-electron chi connectivity index (χ2n) is 4.04. The Labute approximate surface area is 115 Å². The van der Waals surface area contributed by atoms with Gasteiger partial charge in [0.15, 0.2) is 0 Å². The Kier molecular flexibility index (Phi) is 4.04. The molecule has 1 heterocycles. The first-order chi connectivity index (χ1) is 8.56. The van der Waals surface area contributed by atoms with Gasteiger partial charge in [-0.3, -0.25) is 5.41 Å². The summed E-state index contributed by atoms with van der Waals surface area (Å²) in [7, 11) is 0. The molecule has 0 aliphatic heterocycles. The van der Waals surface area contributed by atoms with Crippen molar-refractivity contribution in [2.24, 2.45) is 5.73 Å². The van der Waals surface area contributed by atoms with Crippen LogP contribution in [0.25, 0.3) is 0 Å². The molecule has 2 rings (SSSR count). The number of aryl methyl sites for hydroxylation is 2. The average Bonchev–Trinajstić information content (AvgIpc) is 2.70. The smallest absolute Gasteiger partial charge is 0.135 e. The molecule has 3 nitrogen and oxygen atoms in total. The summed E-state index contributed by atoms with van der Waals surface area (Å²) in [6.45, 7) is 3.98. The molecular formula is C13H15N3S2. The maximum atomic E-state index is 7.45. The van der Waals surface area contributed by atoms with Crippen LogP contribution in [0.1, 0.15) is 21.1 Å². The second-order valence-corrected chi connectivity index (χ2v) is 6.17. The standard InChI is InChI=1S/C13H15N3S2/c1-8-3-5-10(6-4-8)17-7-11-16-9(2)12(18-11)13(14)15/h3-6H,7H2,1-2H3,(H3,14,15). The zero-order chi connectivity index (χ0) is 13.1. The van der Waals surface area contributed by atoms with Crippen molar-refractivity contribution < 1.29 is 0 Å². The van der Waals surface area contributed by atoms with E-state index in [9.17, 15) is 0 Å². The molecule has 1 aromatic carbocycles. The lowest BCUT2D eigenvalue weighted by molar-refractivity contribution is 1.17. The zero-order valence-electron chi connectivity index (χ0n) is 10.4. The van der Waals surface area contributed by atoms with E-state index in [1.165, 1.54) is 21.8 Å². The summed E-state index contributed by atoms with van der Waals surface area (Å²) in [6.07, 6.45) is 0. The number of amidine groups is 1. The SMILES string of the molecule is Cc1ccc(SCc2nc(C)c(C(=N)N)s2)cc1. The van der Waals surface area contributed by atoms with Crippen molar-refractivity contribution in [2.45, 2.75) is 24.5 Å². The van der Waals surface area contributed by atoms with Crippen molar-refractivity contribution in [2.75, 3.05) is 0 Å². The quantitative estimate of drug-likeness (QED) is 0.512. The lowest BCUT2D eigenvalue weighted by atomic mass is 10.2. The highest BCUT2D eigenvalue weighted by atomic mass is 32.2. The van der Waals surface area contributed by atoms with Crippen LogP contribution in [0.5, 0.6) is 0 Å². The number of nitrogen functional groups attached to an aromatic ring is 1. The lowest BCUT2D eigenvalue weighted by Crippen LogP contribution is -2.10. The van der Waals surface area contributed by atoms with Crippen molar-refractivity contribution >= 4 is 28.9 Å². The monoisotopic (exact) mass is 277 g/mol. The topological polar surface area (TPSA) is 62.8 Å². The van der Waals surface area contributed by atoms with E-state index in [0.29, 0.717) is 0 Å². The molecule has 0 fully saturated rings. The Morgan fingerprint density at radius 1 is 1.33 bits per heavy atom. The van der Waals surface area contributed by atoms with Gasteiger partial charge in [-0.1, -0.05) is 17.7 Å². The second kappa shape index (κ2) is 5.54. The van der Waals surface area contributed by atoms with Gasteiger partial charge in [-0.2, -0.15) is 0 Å². The number of hydrogen-bond acceptors (Lipinski definition) is 4. The van der Waals surface area contributed by atoms with Gasteiger partial charge in [0, 0.05) is 4.90 Å². The van der Waals surface area contributed by atoms with Crippen molar-refractivity contribution in [3.05, 3.63) is 45.4 Å². The molecule has 3 N–H and O–H groups in total. The van der Waals surface area contributed by atoms with Crippen LogP contribution in [-0.2, 0) is 5.75 Å². The van der Waals surface area contributed by atoms with Crippen LogP contribution in [0.15, 0.2) is 29.2 Å². The fourth-order valence-electron chi connectivity index (χ4n) is 1.54. The van der Waals surface area contributed by atoms with E-state index >= 15 is 0 Å². The van der Waals surface area contributed by atoms with Gasteiger partial charge in [0.25, 0.3) is 0 Å². The number of nitrogens with two attached hydrogens (primary N) is 1. The molecule has 0 aliphatic carbocycles. The van der Waals surface area contributed by atoms with Gasteiger partial charge >= 0.3 is 0 Å². The van der Waals surface area contributed by atoms with Crippen molar-refractivity contribution in [3.8, 4) is 0 Å². The number of nitrogens with zero attached hydrogens (tertiary/aromatic N) is 1. The summed E-state index contributed by atoms with van der Waals surface area (Å²) < 4.78 is 0. The largest absolute Gasteiger partial charge is 0.383 e. The van der Waals surface area contributed by atoms with E-state index in [1.807, 2.05) is 6.92 Å². The molecule has 94 valence electrons. The Morgan fingerprint density at radius 2 is 2.00 bits per heavy atom. The Balaban J connectivity index is 2.04. The highest BCUT2D eigenvalue weighted by Crippen LogP contribution is 2.26. The maximum Gasteiger partial charge on any atom is 0.135 e. The summed E-state index contributed by atoms with van der Waals surface area (Å²) in [5, 5.41) is 8.47. The number of thioether (sulfide) groups is 1. The van der Waals surface area contributed by atoms with Gasteiger partial charge in [-0.05, 0) is 26.0 Å². The van der Waals surface area contributed by atoms with Crippen LogP contribution in [0.2, 0.25) is 0 Å². The minimum absolute atomic E-state index is 0.108. The summed E-state index contributed by atoms with van der Waals surface area (Å²) >= 11 is 3.26. The number of hydrogen-bond donors (Lipinski definition) is 2. The molecule has 0 aliphatic rings. The highest BCUT2D eigenvalue weighted by molar-refractivity contribution is 7.98. The lowest BCUT2D eigenvalue weighted by Gasteiger charge is -1.99. The predicted octanol–water partition coefficient (Wildman–Crippen LogP) is 3.34. The van der Waals surface area contributed by atoms with Crippen molar-refractivity contribution in [1.82, 2.24) is 4.98 Å². The van der Waals surface area contributed by atoms with E-state index in [1.54, 1.807) is 11.8 Å². The third-order valence-electron chi connectivity index (χ3n) is 2.47. The molecule has 2 aromatic rings. The van der Waals surface area contributed by atoms with Gasteiger partial charge in [-0.25, -0.2) is 4.98 Å². The normalized spacial score (nSPS) is 10.6. The Morgan fingerprint density at radius 3 is 2.56 bits per heavy atom. The zero-order valence-corrected chi connectivity index (χ0v) is 12.0. The number of thiazole rings is 1. The average molecular weight is 277 g/mol. The minimum atomic E-state index is 0.108. The van der Waals surface area contributed by atoms with Crippen LogP contribution in [0.4, 0.5) is 0 Å². The predicted molar refractivity (Wildman–Crippen MR) is 78.6 cm³/mol. The molecule has 0 atom stereocenters. The third-order valence-corrected chi connectivity index (χ3v) is 4.87. The first-order valence-corrected chi connectivity index (χ1v) is 7.36. The molecule has 0 bridgehead atoms. The Hall–Kier alpha value is -1.33. The number of nitrogens with one attached hydrogen (secondary N) is 1. The summed E-state index contributed by atoms with van der Waals surface area (Å²) in [5.74, 6) is 0.929. The summed E-state index contributed by atoms with van der Waals surface area (Å²) in [6, 6.07) is 8.45. The fraction of sp³-hybridized carbons (Fsp3) is 0.231. The maximum absolute atomic E-state index is 7.45. The van der Waals surface area contributed by atoms with Gasteiger partial charge in [0.05, 0.1) is 16.3 Å². The molecule has 0 saturated carbocycles. The van der Waals surface area contributed by atoms with Crippen LogP contribution < -0.4 is 5.73 Å². The molecule has 1 aromatic heterocycles. The van der Waals surface area contributed by atoms with Gasteiger partial charge in [0.1, 0.15) is 10.8 Å². The molecule has 0 amide bonds. The molecule has 5 heteroatoms. The van der Waals surface area contributed by atoms with E-state index in [-0.39, 0.29) is 5.84 Å². The minimum Gasteiger partial charge on any atom is -0.383 e. The van der Waals surface area contributed by atoms with E-state index < -0.39 is 0 Å². The van der Waals surface area contributed by atoms with Crippen molar-refractivity contribution in [3.63, 3.8) is 0 Å². The summed E-state index contributed by atoms with van der Waals surface area (Å²) in [4.78, 5) is 6.46. The first kappa shape index (κ1) is 13.1. The molecular weight excluding hydrogens is 262 g/mol. The van der Waals surface area contributed by atoms with Crippen LogP contribution >= 0.6 is 23.1 Å². The molecule has 18 heavy (non-hydrogen) atoms. The molecule has 0 unspecified atom stereocenters. The number of rotatable bonds is 4. The van der Waals surface area contributed by atoms with E-state index in [0.717, 1.165) is 21.3 Å². The van der Waals surface area contributed by atoms with Crippen LogP contribution in [0.3, 0.4) is 0 Å². The first-order valence-electron chi connectivity index (χ1n) is 5.56. The third kappa shape index (κ3) is 3.11.